The fourth-order valence-electron chi connectivity index (χ4n) is 4.97. The molecule has 0 amide bonds. The zero-order chi connectivity index (χ0) is 23.9. The number of pyridine rings is 3. The molecule has 7 rings (SSSR count). The molecule has 1 aliphatic heterocycles. The second-order valence-corrected chi connectivity index (χ2v) is 10.1. The predicted molar refractivity (Wildman–Crippen MR) is 142 cm³/mol. The molecule has 1 fully saturated rings. The number of rotatable bonds is 5. The van der Waals surface area contributed by atoms with Gasteiger partial charge in [-0.2, -0.15) is 5.10 Å². The Morgan fingerprint density at radius 1 is 0.972 bits per heavy atom. The Balaban J connectivity index is 1.26. The highest BCUT2D eigenvalue weighted by Crippen LogP contribution is 2.32. The zero-order valence-corrected chi connectivity index (χ0v) is 20.4. The summed E-state index contributed by atoms with van der Waals surface area (Å²) >= 11 is 1.69. The highest BCUT2D eigenvalue weighted by atomic mass is 32.1. The quantitative estimate of drug-likeness (QED) is 0.322. The Morgan fingerprint density at radius 2 is 1.92 bits per heavy atom. The Labute approximate surface area is 211 Å². The van der Waals surface area contributed by atoms with Gasteiger partial charge in [-0.1, -0.05) is 12.5 Å². The van der Waals surface area contributed by atoms with E-state index in [1.807, 2.05) is 42.9 Å². The number of nitrogens with one attached hydrogen (secondary N) is 2. The smallest absolute Gasteiger partial charge is 0.162 e. The lowest BCUT2D eigenvalue weighted by molar-refractivity contribution is 0.220. The lowest BCUT2D eigenvalue weighted by Gasteiger charge is -2.26. The number of hydrogen-bond donors (Lipinski definition) is 2. The van der Waals surface area contributed by atoms with Gasteiger partial charge in [-0.15, -0.1) is 11.3 Å². The van der Waals surface area contributed by atoms with Crippen LogP contribution in [0.2, 0.25) is 0 Å². The van der Waals surface area contributed by atoms with Gasteiger partial charge in [-0.25, -0.2) is 15.0 Å². The standard InChI is InChI=1S/C27H24N8S/c1-2-10-35(11-3-1)16-17-13-18(15-28-14-17)20-6-7-21-24(30-20)25(34-33-21)27-31-23-19(22-5-4-12-36-22)8-9-29-26(23)32-27/h4-9,12-15H,1-3,10-11,16H2,(H,33,34)(H,29,31,32). The van der Waals surface area contributed by atoms with Gasteiger partial charge in [0.15, 0.2) is 17.2 Å². The van der Waals surface area contributed by atoms with Gasteiger partial charge >= 0.3 is 0 Å². The summed E-state index contributed by atoms with van der Waals surface area (Å²) in [6, 6.07) is 12.4. The second-order valence-electron chi connectivity index (χ2n) is 9.20. The van der Waals surface area contributed by atoms with Crippen molar-refractivity contribution in [2.24, 2.45) is 0 Å². The van der Waals surface area contributed by atoms with Crippen molar-refractivity contribution in [3.63, 3.8) is 0 Å². The molecule has 36 heavy (non-hydrogen) atoms. The van der Waals surface area contributed by atoms with Crippen molar-refractivity contribution in [1.29, 1.82) is 0 Å². The molecule has 7 heterocycles. The van der Waals surface area contributed by atoms with Crippen LogP contribution in [0.15, 0.2) is 60.4 Å². The topological polar surface area (TPSA) is 99.3 Å². The Hall–Kier alpha value is -3.95. The van der Waals surface area contributed by atoms with Crippen LogP contribution in [0.4, 0.5) is 0 Å². The summed E-state index contributed by atoms with van der Waals surface area (Å²) < 4.78 is 0. The van der Waals surface area contributed by atoms with Crippen LogP contribution in [0, 0.1) is 0 Å². The van der Waals surface area contributed by atoms with E-state index >= 15 is 0 Å². The van der Waals surface area contributed by atoms with Gasteiger partial charge in [0.2, 0.25) is 0 Å². The predicted octanol–water partition coefficient (Wildman–Crippen LogP) is 5.67. The molecule has 6 aromatic rings. The molecule has 1 aliphatic rings. The summed E-state index contributed by atoms with van der Waals surface area (Å²) in [5.74, 6) is 0.648. The van der Waals surface area contributed by atoms with Crippen LogP contribution in [0.25, 0.3) is 55.4 Å². The molecule has 8 nitrogen and oxygen atoms in total. The monoisotopic (exact) mass is 492 g/mol. The summed E-state index contributed by atoms with van der Waals surface area (Å²) in [6.45, 7) is 3.25. The van der Waals surface area contributed by atoms with Gasteiger partial charge in [-0.3, -0.25) is 15.0 Å². The Morgan fingerprint density at radius 3 is 2.81 bits per heavy atom. The van der Waals surface area contributed by atoms with E-state index in [-0.39, 0.29) is 0 Å². The molecule has 6 aromatic heterocycles. The number of nitrogens with zero attached hydrogens (tertiary/aromatic N) is 6. The average molecular weight is 493 g/mol. The molecule has 0 unspecified atom stereocenters. The largest absolute Gasteiger partial charge is 0.321 e. The molecular weight excluding hydrogens is 468 g/mol. The number of thiophene rings is 1. The third-order valence-corrected chi connectivity index (χ3v) is 7.65. The van der Waals surface area contributed by atoms with E-state index < -0.39 is 0 Å². The van der Waals surface area contributed by atoms with Crippen molar-refractivity contribution >= 4 is 33.5 Å². The van der Waals surface area contributed by atoms with Crippen LogP contribution in [-0.2, 0) is 6.54 Å². The number of likely N-dealkylation sites (tertiary alicyclic amines) is 1. The van der Waals surface area contributed by atoms with Gasteiger partial charge in [0.05, 0.1) is 11.2 Å². The van der Waals surface area contributed by atoms with Crippen LogP contribution >= 0.6 is 11.3 Å². The molecule has 0 atom stereocenters. The molecule has 1 saturated heterocycles. The van der Waals surface area contributed by atoms with Crippen molar-refractivity contribution in [3.05, 3.63) is 65.9 Å². The van der Waals surface area contributed by atoms with Gasteiger partial charge in [0.25, 0.3) is 0 Å². The normalized spacial score (nSPS) is 14.7. The minimum absolute atomic E-state index is 0.648. The second kappa shape index (κ2) is 8.92. The van der Waals surface area contributed by atoms with Crippen molar-refractivity contribution in [3.8, 4) is 33.2 Å². The Bertz CT molecular complexity index is 1660. The number of hydrogen-bond acceptors (Lipinski definition) is 7. The fourth-order valence-corrected chi connectivity index (χ4v) is 5.72. The number of fused-ring (bicyclic) bond motifs is 2. The van der Waals surface area contributed by atoms with Crippen LogP contribution < -0.4 is 0 Å². The van der Waals surface area contributed by atoms with Gasteiger partial charge in [0.1, 0.15) is 11.0 Å². The van der Waals surface area contributed by atoms with Crippen molar-refractivity contribution in [2.75, 3.05) is 13.1 Å². The van der Waals surface area contributed by atoms with E-state index in [2.05, 4.69) is 47.6 Å². The van der Waals surface area contributed by atoms with Gasteiger partial charge in [0, 0.05) is 41.1 Å². The highest BCUT2D eigenvalue weighted by Gasteiger charge is 2.18. The van der Waals surface area contributed by atoms with Crippen LogP contribution in [0.5, 0.6) is 0 Å². The van der Waals surface area contributed by atoms with Gasteiger partial charge in [-0.05, 0) is 67.2 Å². The average Bonchev–Trinajstić information content (AvgIpc) is 3.68. The van der Waals surface area contributed by atoms with E-state index in [0.717, 1.165) is 63.5 Å². The maximum atomic E-state index is 4.99. The first-order valence-corrected chi connectivity index (χ1v) is 13.1. The van der Waals surface area contributed by atoms with E-state index in [4.69, 9.17) is 9.97 Å². The van der Waals surface area contributed by atoms with Crippen molar-refractivity contribution < 1.29 is 0 Å². The fraction of sp³-hybridized carbons (Fsp3) is 0.222. The summed E-state index contributed by atoms with van der Waals surface area (Å²) in [7, 11) is 0. The van der Waals surface area contributed by atoms with Crippen LogP contribution in [-0.4, -0.2) is 53.1 Å². The first-order valence-electron chi connectivity index (χ1n) is 12.2. The number of H-pyrrole nitrogens is 2. The Kier molecular flexibility index (Phi) is 5.29. The zero-order valence-electron chi connectivity index (χ0n) is 19.6. The number of aromatic nitrogens is 7. The summed E-state index contributed by atoms with van der Waals surface area (Å²) in [6.07, 6.45) is 9.55. The molecule has 9 heteroatoms. The molecule has 0 aromatic carbocycles. The SMILES string of the molecule is c1csc(-c2ccnc3[nH]c(-c4n[nH]c5ccc(-c6cncc(CN7CCCCC7)c6)nc45)nc23)c1. The maximum Gasteiger partial charge on any atom is 0.162 e. The minimum Gasteiger partial charge on any atom is -0.321 e. The van der Waals surface area contributed by atoms with E-state index in [1.165, 1.54) is 24.8 Å². The summed E-state index contributed by atoms with van der Waals surface area (Å²) in [5.41, 5.74) is 8.02. The maximum absolute atomic E-state index is 4.99. The molecule has 0 saturated carbocycles. The third kappa shape index (κ3) is 3.86. The number of piperidine rings is 1. The van der Waals surface area contributed by atoms with E-state index in [9.17, 15) is 0 Å². The lowest BCUT2D eigenvalue weighted by atomic mass is 10.1. The van der Waals surface area contributed by atoms with Crippen molar-refractivity contribution in [1.82, 2.24) is 40.0 Å². The van der Waals surface area contributed by atoms with E-state index in [1.54, 1.807) is 11.3 Å². The summed E-state index contributed by atoms with van der Waals surface area (Å²) in [5, 5.41) is 9.73. The molecule has 2 N–H and O–H groups in total. The minimum atomic E-state index is 0.648. The first-order chi connectivity index (χ1) is 17.8. The molecule has 178 valence electrons. The number of aromatic amines is 2. The first kappa shape index (κ1) is 21.3. The highest BCUT2D eigenvalue weighted by molar-refractivity contribution is 7.13. The van der Waals surface area contributed by atoms with E-state index in [0.29, 0.717) is 11.5 Å². The van der Waals surface area contributed by atoms with Gasteiger partial charge < -0.3 is 4.98 Å². The third-order valence-electron chi connectivity index (χ3n) is 6.75. The van der Waals surface area contributed by atoms with Crippen LogP contribution in [0.3, 0.4) is 0 Å². The molecule has 0 radical (unpaired) electrons. The molecule has 0 spiro atoms. The number of imidazole rings is 1. The summed E-state index contributed by atoms with van der Waals surface area (Å²) in [4.78, 5) is 25.9. The lowest BCUT2D eigenvalue weighted by Crippen LogP contribution is -2.29. The molecule has 0 aliphatic carbocycles. The van der Waals surface area contributed by atoms with Crippen LogP contribution in [0.1, 0.15) is 24.8 Å². The van der Waals surface area contributed by atoms with Crippen molar-refractivity contribution in [2.45, 2.75) is 25.8 Å². The molecular formula is C27H24N8S. The molecule has 0 bridgehead atoms.